The highest BCUT2D eigenvalue weighted by molar-refractivity contribution is 7.89. The Morgan fingerprint density at radius 2 is 1.71 bits per heavy atom. The van der Waals surface area contributed by atoms with Crippen LogP contribution in [0.2, 0.25) is 0 Å². The fourth-order valence-corrected chi connectivity index (χ4v) is 6.42. The smallest absolute Gasteiger partial charge is 0.246 e. The number of carbonyl (C=O) groups excluding carboxylic acids is 1. The lowest BCUT2D eigenvalue weighted by Gasteiger charge is -2.31. The van der Waals surface area contributed by atoms with Crippen molar-refractivity contribution in [2.24, 2.45) is 5.92 Å². The molecule has 2 N–H and O–H groups in total. The molecule has 1 aliphatic heterocycles. The lowest BCUT2D eigenvalue weighted by Crippen LogP contribution is -2.41. The minimum Gasteiger partial charge on any atom is -0.495 e. The second kappa shape index (κ2) is 10.7. The van der Waals surface area contributed by atoms with Crippen molar-refractivity contribution < 1.29 is 26.4 Å². The Morgan fingerprint density at radius 3 is 2.29 bits per heavy atom. The molecule has 0 spiro atoms. The van der Waals surface area contributed by atoms with E-state index in [-0.39, 0.29) is 34.7 Å². The number of nitrogens with zero attached hydrogens (tertiary/aromatic N) is 1. The first-order chi connectivity index (χ1) is 16.4. The van der Waals surface area contributed by atoms with E-state index in [0.29, 0.717) is 24.3 Å². The number of anilines is 1. The number of piperidine rings is 1. The fourth-order valence-electron chi connectivity index (χ4n) is 4.01. The summed E-state index contributed by atoms with van der Waals surface area (Å²) in [6.07, 6.45) is 0.704. The standard InChI is InChI=1S/C24H33N3O6S2/c1-16(2)19-7-9-22(33-5)23(14-19)35(31,32)27-12-10-18(11-13-27)24(28)26-21-15-20(8-6-17(21)3)34(29,30)25-4/h6-9,14-16,18,25H,10-13H2,1-5H3,(H,26,28). The van der Waals surface area contributed by atoms with E-state index in [0.717, 1.165) is 11.1 Å². The van der Waals surface area contributed by atoms with E-state index in [1.165, 1.54) is 30.6 Å². The molecular formula is C24H33N3O6S2. The van der Waals surface area contributed by atoms with E-state index in [1.54, 1.807) is 25.1 Å². The van der Waals surface area contributed by atoms with Gasteiger partial charge in [0.05, 0.1) is 12.0 Å². The van der Waals surface area contributed by atoms with E-state index in [1.807, 2.05) is 19.9 Å². The van der Waals surface area contributed by atoms with E-state index in [9.17, 15) is 21.6 Å². The number of rotatable bonds is 8. The predicted molar refractivity (Wildman–Crippen MR) is 135 cm³/mol. The van der Waals surface area contributed by atoms with Crippen LogP contribution in [-0.4, -0.2) is 54.3 Å². The Balaban J connectivity index is 1.73. The normalized spacial score (nSPS) is 15.8. The highest BCUT2D eigenvalue weighted by atomic mass is 32.2. The zero-order valence-corrected chi connectivity index (χ0v) is 22.3. The van der Waals surface area contributed by atoms with Crippen molar-refractivity contribution in [1.82, 2.24) is 9.03 Å². The Kier molecular flexibility index (Phi) is 8.25. The van der Waals surface area contributed by atoms with E-state index >= 15 is 0 Å². The molecule has 2 aromatic carbocycles. The van der Waals surface area contributed by atoms with Crippen LogP contribution >= 0.6 is 0 Å². The molecule has 11 heteroatoms. The number of methoxy groups -OCH3 is 1. The first-order valence-corrected chi connectivity index (χ1v) is 14.4. The van der Waals surface area contributed by atoms with E-state index in [4.69, 9.17) is 4.74 Å². The van der Waals surface area contributed by atoms with Crippen molar-refractivity contribution in [3.63, 3.8) is 0 Å². The molecule has 0 aliphatic carbocycles. The maximum Gasteiger partial charge on any atom is 0.246 e. The molecule has 2 aromatic rings. The average Bonchev–Trinajstić information content (AvgIpc) is 2.84. The van der Waals surface area contributed by atoms with Gasteiger partial charge in [0, 0.05) is 24.7 Å². The van der Waals surface area contributed by atoms with E-state index in [2.05, 4.69) is 10.0 Å². The van der Waals surface area contributed by atoms with Gasteiger partial charge in [-0.25, -0.2) is 21.6 Å². The lowest BCUT2D eigenvalue weighted by molar-refractivity contribution is -0.120. The van der Waals surface area contributed by atoms with Crippen molar-refractivity contribution in [3.05, 3.63) is 47.5 Å². The summed E-state index contributed by atoms with van der Waals surface area (Å²) >= 11 is 0. The molecular weight excluding hydrogens is 490 g/mol. The molecule has 1 aliphatic rings. The third-order valence-corrected chi connectivity index (χ3v) is 9.67. The van der Waals surface area contributed by atoms with Crippen LogP contribution < -0.4 is 14.8 Å². The number of hydrogen-bond donors (Lipinski definition) is 2. The number of aryl methyl sites for hydroxylation is 1. The molecule has 0 atom stereocenters. The monoisotopic (exact) mass is 523 g/mol. The SMILES string of the molecule is CNS(=O)(=O)c1ccc(C)c(NC(=O)C2CCN(S(=O)(=O)c3cc(C(C)C)ccc3OC)CC2)c1. The summed E-state index contributed by atoms with van der Waals surface area (Å²) in [6.45, 7) is 6.16. The first kappa shape index (κ1) is 27.1. The van der Waals surface area contributed by atoms with Gasteiger partial charge < -0.3 is 10.1 Å². The van der Waals surface area contributed by atoms with Crippen LogP contribution in [0, 0.1) is 12.8 Å². The summed E-state index contributed by atoms with van der Waals surface area (Å²) in [7, 11) is -4.68. The number of ether oxygens (including phenoxy) is 1. The van der Waals surface area contributed by atoms with Crippen LogP contribution in [0.15, 0.2) is 46.2 Å². The van der Waals surface area contributed by atoms with Crippen LogP contribution in [0.3, 0.4) is 0 Å². The highest BCUT2D eigenvalue weighted by Crippen LogP contribution is 2.33. The Bertz CT molecular complexity index is 1300. The Labute approximate surface area is 208 Å². The van der Waals surface area contributed by atoms with Gasteiger partial charge in [-0.15, -0.1) is 0 Å². The number of benzene rings is 2. The van der Waals surface area contributed by atoms with Crippen LogP contribution in [-0.2, 0) is 24.8 Å². The number of amides is 1. The van der Waals surface area contributed by atoms with Crippen molar-refractivity contribution in [2.45, 2.75) is 49.3 Å². The minimum atomic E-state index is -3.80. The number of nitrogens with one attached hydrogen (secondary N) is 2. The molecule has 1 amide bonds. The summed E-state index contributed by atoms with van der Waals surface area (Å²) in [5, 5.41) is 2.82. The van der Waals surface area contributed by atoms with Gasteiger partial charge in [-0.3, -0.25) is 4.79 Å². The number of hydrogen-bond acceptors (Lipinski definition) is 6. The van der Waals surface area contributed by atoms with Gasteiger partial charge in [-0.2, -0.15) is 4.31 Å². The molecule has 0 saturated carbocycles. The molecule has 35 heavy (non-hydrogen) atoms. The van der Waals surface area contributed by atoms with Gasteiger partial charge in [0.25, 0.3) is 0 Å². The maximum absolute atomic E-state index is 13.4. The molecule has 0 radical (unpaired) electrons. The predicted octanol–water partition coefficient (Wildman–Crippen LogP) is 3.07. The van der Waals surface area contributed by atoms with Gasteiger partial charge in [-0.05, 0) is 68.1 Å². The zero-order valence-electron chi connectivity index (χ0n) is 20.7. The van der Waals surface area contributed by atoms with Crippen molar-refractivity contribution in [1.29, 1.82) is 0 Å². The molecule has 3 rings (SSSR count). The zero-order chi connectivity index (χ0) is 26.0. The van der Waals surface area contributed by atoms with Gasteiger partial charge in [0.15, 0.2) is 0 Å². The molecule has 1 heterocycles. The molecule has 1 saturated heterocycles. The summed E-state index contributed by atoms with van der Waals surface area (Å²) in [6, 6.07) is 9.72. The van der Waals surface area contributed by atoms with Crippen LogP contribution in [0.5, 0.6) is 5.75 Å². The molecule has 1 fully saturated rings. The largest absolute Gasteiger partial charge is 0.495 e. The minimum absolute atomic E-state index is 0.0550. The lowest BCUT2D eigenvalue weighted by atomic mass is 9.97. The van der Waals surface area contributed by atoms with Crippen LogP contribution in [0.25, 0.3) is 0 Å². The second-order valence-corrected chi connectivity index (χ2v) is 12.7. The second-order valence-electron chi connectivity index (χ2n) is 8.92. The van der Waals surface area contributed by atoms with Gasteiger partial charge in [0.1, 0.15) is 10.6 Å². The topological polar surface area (TPSA) is 122 Å². The third kappa shape index (κ3) is 5.85. The van der Waals surface area contributed by atoms with Gasteiger partial charge in [0.2, 0.25) is 26.0 Å². The summed E-state index contributed by atoms with van der Waals surface area (Å²) in [5.41, 5.74) is 2.04. The summed E-state index contributed by atoms with van der Waals surface area (Å²) < 4.78 is 60.0. The fraction of sp³-hybridized carbons (Fsp3) is 0.458. The molecule has 0 bridgehead atoms. The number of sulfonamides is 2. The van der Waals surface area contributed by atoms with Gasteiger partial charge >= 0.3 is 0 Å². The van der Waals surface area contributed by atoms with Crippen molar-refractivity contribution in [2.75, 3.05) is 32.6 Å². The number of carbonyl (C=O) groups is 1. The highest BCUT2D eigenvalue weighted by Gasteiger charge is 2.34. The van der Waals surface area contributed by atoms with E-state index < -0.39 is 26.0 Å². The van der Waals surface area contributed by atoms with Crippen molar-refractivity contribution in [3.8, 4) is 5.75 Å². The first-order valence-electron chi connectivity index (χ1n) is 11.4. The van der Waals surface area contributed by atoms with Crippen LogP contribution in [0.4, 0.5) is 5.69 Å². The maximum atomic E-state index is 13.4. The Morgan fingerprint density at radius 1 is 1.06 bits per heavy atom. The van der Waals surface area contributed by atoms with Crippen molar-refractivity contribution >= 4 is 31.6 Å². The Hall–Kier alpha value is -2.47. The molecule has 0 unspecified atom stereocenters. The third-order valence-electron chi connectivity index (χ3n) is 6.34. The molecule has 9 nitrogen and oxygen atoms in total. The quantitative estimate of drug-likeness (QED) is 0.548. The summed E-state index contributed by atoms with van der Waals surface area (Å²) in [4.78, 5) is 13.1. The average molecular weight is 524 g/mol. The van der Waals surface area contributed by atoms with Crippen LogP contribution in [0.1, 0.15) is 43.7 Å². The van der Waals surface area contributed by atoms with Gasteiger partial charge in [-0.1, -0.05) is 26.0 Å². The molecule has 192 valence electrons. The summed E-state index contributed by atoms with van der Waals surface area (Å²) in [5.74, 6) is -0.201. The molecule has 0 aromatic heterocycles.